The van der Waals surface area contributed by atoms with Crippen molar-refractivity contribution in [3.05, 3.63) is 52.6 Å². The van der Waals surface area contributed by atoms with Gasteiger partial charge in [-0.25, -0.2) is 0 Å². The number of fused-ring (bicyclic) bond motifs is 3. The molecule has 8 heteroatoms. The van der Waals surface area contributed by atoms with Crippen LogP contribution in [0, 0.1) is 10.8 Å². The highest BCUT2D eigenvalue weighted by Gasteiger charge is 2.42. The number of nitrogens with one attached hydrogen (secondary N) is 3. The standard InChI is InChI=1S/C19H22N6O2/c20-8-11-13(22)3-4-14-15(11)17-18(27-6-5-26-17)16(25-14)9-1-2-12(21)10(7-9)19(23)24/h1-4,7-8,16-18,20,25H,5-6,21-22H2,(H3,23,24)/t16-,17+,18-/m0/s1. The van der Waals surface area contributed by atoms with Gasteiger partial charge >= 0.3 is 0 Å². The third-order valence-corrected chi connectivity index (χ3v) is 5.11. The van der Waals surface area contributed by atoms with Gasteiger partial charge in [-0.2, -0.15) is 0 Å². The van der Waals surface area contributed by atoms with Gasteiger partial charge in [0.15, 0.2) is 0 Å². The van der Waals surface area contributed by atoms with Crippen LogP contribution in [0.5, 0.6) is 0 Å². The van der Waals surface area contributed by atoms with Crippen LogP contribution in [-0.4, -0.2) is 31.4 Å². The van der Waals surface area contributed by atoms with Crippen LogP contribution < -0.4 is 22.5 Å². The van der Waals surface area contributed by atoms with E-state index in [4.69, 9.17) is 37.5 Å². The maximum atomic E-state index is 7.76. The quantitative estimate of drug-likeness (QED) is 0.276. The summed E-state index contributed by atoms with van der Waals surface area (Å²) < 4.78 is 12.1. The van der Waals surface area contributed by atoms with Crippen LogP contribution in [0.1, 0.15) is 34.4 Å². The molecule has 2 aliphatic rings. The summed E-state index contributed by atoms with van der Waals surface area (Å²) >= 11 is 0. The molecule has 2 aromatic carbocycles. The van der Waals surface area contributed by atoms with Crippen molar-refractivity contribution in [2.24, 2.45) is 5.73 Å². The van der Waals surface area contributed by atoms with Gasteiger partial charge < -0.3 is 37.4 Å². The molecule has 27 heavy (non-hydrogen) atoms. The lowest BCUT2D eigenvalue weighted by atomic mass is 9.84. The van der Waals surface area contributed by atoms with Crippen LogP contribution in [0.2, 0.25) is 0 Å². The minimum absolute atomic E-state index is 0.0817. The van der Waals surface area contributed by atoms with E-state index in [1.807, 2.05) is 18.2 Å². The van der Waals surface area contributed by atoms with Gasteiger partial charge in [-0.15, -0.1) is 0 Å². The lowest BCUT2D eigenvalue weighted by molar-refractivity contribution is -0.151. The summed E-state index contributed by atoms with van der Waals surface area (Å²) in [6, 6.07) is 8.90. The minimum Gasteiger partial charge on any atom is -0.398 e. The highest BCUT2D eigenvalue weighted by molar-refractivity contribution is 6.00. The van der Waals surface area contributed by atoms with Crippen LogP contribution >= 0.6 is 0 Å². The fourth-order valence-corrected chi connectivity index (χ4v) is 3.83. The highest BCUT2D eigenvalue weighted by atomic mass is 16.6. The van der Waals surface area contributed by atoms with E-state index in [1.54, 1.807) is 12.1 Å². The van der Waals surface area contributed by atoms with E-state index in [-0.39, 0.29) is 24.1 Å². The van der Waals surface area contributed by atoms with Gasteiger partial charge in [0.25, 0.3) is 0 Å². The number of anilines is 3. The van der Waals surface area contributed by atoms with Gasteiger partial charge in [0.2, 0.25) is 0 Å². The monoisotopic (exact) mass is 366 g/mol. The first-order chi connectivity index (χ1) is 13.0. The smallest absolute Gasteiger partial charge is 0.124 e. The third kappa shape index (κ3) is 2.79. The summed E-state index contributed by atoms with van der Waals surface area (Å²) in [4.78, 5) is 0. The normalized spacial score (nSPS) is 23.6. The number of ether oxygens (including phenoxy) is 2. The maximum Gasteiger partial charge on any atom is 0.124 e. The summed E-state index contributed by atoms with van der Waals surface area (Å²) in [5.74, 6) is -0.0817. The van der Waals surface area contributed by atoms with Crippen molar-refractivity contribution >= 4 is 29.1 Å². The van der Waals surface area contributed by atoms with Crippen molar-refractivity contribution in [2.45, 2.75) is 18.2 Å². The first-order valence-corrected chi connectivity index (χ1v) is 8.67. The average Bonchev–Trinajstić information content (AvgIpc) is 2.67. The summed E-state index contributed by atoms with van der Waals surface area (Å²) in [5.41, 5.74) is 22.4. The zero-order valence-corrected chi connectivity index (χ0v) is 14.7. The lowest BCUT2D eigenvalue weighted by Gasteiger charge is -2.43. The summed E-state index contributed by atoms with van der Waals surface area (Å²) in [6.45, 7) is 0.950. The van der Waals surface area contributed by atoms with Gasteiger partial charge in [-0.3, -0.25) is 5.41 Å². The molecule has 4 rings (SSSR count). The molecular formula is C19H22N6O2. The molecule has 0 aromatic heterocycles. The molecule has 0 spiro atoms. The Morgan fingerprint density at radius 1 is 1.11 bits per heavy atom. The zero-order valence-electron chi connectivity index (χ0n) is 14.7. The Labute approximate surface area is 156 Å². The Hall–Kier alpha value is -3.10. The zero-order chi connectivity index (χ0) is 19.1. The molecular weight excluding hydrogens is 344 g/mol. The Morgan fingerprint density at radius 3 is 2.59 bits per heavy atom. The van der Waals surface area contributed by atoms with Gasteiger partial charge in [0.1, 0.15) is 18.0 Å². The number of hydrogen-bond acceptors (Lipinski definition) is 7. The van der Waals surface area contributed by atoms with E-state index in [1.165, 1.54) is 6.21 Å². The fraction of sp³-hybridized carbons (Fsp3) is 0.263. The molecule has 1 saturated heterocycles. The second kappa shape index (κ2) is 6.57. The van der Waals surface area contributed by atoms with Gasteiger partial charge in [0, 0.05) is 40.0 Å². The SMILES string of the molecule is N=Cc1c(N)ccc2c1[C@H]1OCCO[C@H]1[C@H](c1ccc(N)c(C(=N)N)c1)N2. The summed E-state index contributed by atoms with van der Waals surface area (Å²) in [7, 11) is 0. The number of hydrogen-bond donors (Lipinski definition) is 6. The van der Waals surface area contributed by atoms with E-state index in [2.05, 4.69) is 5.32 Å². The van der Waals surface area contributed by atoms with Crippen LogP contribution in [0.3, 0.4) is 0 Å². The molecule has 0 aliphatic carbocycles. The van der Waals surface area contributed by atoms with Crippen LogP contribution in [0.25, 0.3) is 0 Å². The first-order valence-electron chi connectivity index (χ1n) is 8.67. The van der Waals surface area contributed by atoms with Crippen LogP contribution in [0.15, 0.2) is 30.3 Å². The second-order valence-electron chi connectivity index (χ2n) is 6.68. The molecule has 2 aromatic rings. The second-order valence-corrected chi connectivity index (χ2v) is 6.68. The minimum atomic E-state index is -0.349. The van der Waals surface area contributed by atoms with E-state index in [9.17, 15) is 0 Å². The molecule has 9 N–H and O–H groups in total. The Bertz CT molecular complexity index is 929. The predicted molar refractivity (Wildman–Crippen MR) is 105 cm³/mol. The van der Waals surface area contributed by atoms with E-state index >= 15 is 0 Å². The van der Waals surface area contributed by atoms with Crippen molar-refractivity contribution in [3.63, 3.8) is 0 Å². The van der Waals surface area contributed by atoms with Gasteiger partial charge in [-0.1, -0.05) is 6.07 Å². The fourth-order valence-electron chi connectivity index (χ4n) is 3.83. The molecule has 0 radical (unpaired) electrons. The molecule has 1 fully saturated rings. The molecule has 0 amide bonds. The van der Waals surface area contributed by atoms with Crippen LogP contribution in [0.4, 0.5) is 17.1 Å². The van der Waals surface area contributed by atoms with Crippen LogP contribution in [-0.2, 0) is 9.47 Å². The van der Waals surface area contributed by atoms with E-state index < -0.39 is 0 Å². The molecule has 140 valence electrons. The Balaban J connectivity index is 1.83. The average molecular weight is 366 g/mol. The number of rotatable bonds is 3. The molecule has 0 bridgehead atoms. The molecule has 8 nitrogen and oxygen atoms in total. The number of nitrogen functional groups attached to an aromatic ring is 3. The molecule has 0 saturated carbocycles. The van der Waals surface area contributed by atoms with Crippen molar-refractivity contribution < 1.29 is 9.47 Å². The molecule has 0 unspecified atom stereocenters. The van der Waals surface area contributed by atoms with Crippen molar-refractivity contribution in [1.82, 2.24) is 0 Å². The Kier molecular flexibility index (Phi) is 4.21. The van der Waals surface area contributed by atoms with Crippen molar-refractivity contribution in [1.29, 1.82) is 10.8 Å². The summed E-state index contributed by atoms with van der Waals surface area (Å²) in [5, 5.41) is 19.0. The molecule has 2 heterocycles. The third-order valence-electron chi connectivity index (χ3n) is 5.11. The predicted octanol–water partition coefficient (Wildman–Crippen LogP) is 1.76. The Morgan fingerprint density at radius 2 is 1.85 bits per heavy atom. The van der Waals surface area contributed by atoms with Gasteiger partial charge in [-0.05, 0) is 29.8 Å². The molecule has 2 aliphatic heterocycles. The number of benzene rings is 2. The lowest BCUT2D eigenvalue weighted by Crippen LogP contribution is -2.43. The van der Waals surface area contributed by atoms with E-state index in [0.717, 1.165) is 16.8 Å². The topological polar surface area (TPSA) is 156 Å². The molecule has 3 atom stereocenters. The van der Waals surface area contributed by atoms with Gasteiger partial charge in [0.05, 0.1) is 19.3 Å². The largest absolute Gasteiger partial charge is 0.398 e. The number of amidine groups is 1. The maximum absolute atomic E-state index is 7.76. The number of nitrogens with two attached hydrogens (primary N) is 3. The highest BCUT2D eigenvalue weighted by Crippen LogP contribution is 2.46. The van der Waals surface area contributed by atoms with Crippen molar-refractivity contribution in [3.8, 4) is 0 Å². The van der Waals surface area contributed by atoms with E-state index in [0.29, 0.717) is 35.7 Å². The summed E-state index contributed by atoms with van der Waals surface area (Å²) in [6.07, 6.45) is 0.594. The van der Waals surface area contributed by atoms with Crippen molar-refractivity contribution in [2.75, 3.05) is 30.0 Å². The first kappa shape index (κ1) is 17.3.